The first-order valence-corrected chi connectivity index (χ1v) is 11.8. The summed E-state index contributed by atoms with van der Waals surface area (Å²) < 4.78 is 0. The lowest BCUT2D eigenvalue weighted by atomic mass is 9.43. The molecular weight excluding hydrogens is 346 g/mol. The highest BCUT2D eigenvalue weighted by molar-refractivity contribution is 5.11. The molecule has 4 aliphatic rings. The second kappa shape index (κ2) is 6.30. The van der Waals surface area contributed by atoms with Gasteiger partial charge in [0, 0.05) is 0 Å². The molecule has 4 aliphatic carbocycles. The van der Waals surface area contributed by atoms with Crippen LogP contribution < -0.4 is 0 Å². The van der Waals surface area contributed by atoms with E-state index in [-0.39, 0.29) is 0 Å². The second-order valence-electron chi connectivity index (χ2n) is 11.7. The molecule has 0 spiro atoms. The quantitative estimate of drug-likeness (QED) is 0.756. The monoisotopic (exact) mass is 385 g/mol. The Labute approximate surface area is 170 Å². The van der Waals surface area contributed by atoms with Crippen LogP contribution in [-0.4, -0.2) is 25.7 Å². The third-order valence-corrected chi connectivity index (χ3v) is 10.4. The number of fused-ring (bicyclic) bond motifs is 5. The zero-order valence-corrected chi connectivity index (χ0v) is 18.3. The number of aliphatic hydroxyl groups is 1. The van der Waals surface area contributed by atoms with Crippen molar-refractivity contribution in [3.05, 3.63) is 12.4 Å². The topological polar surface area (TPSA) is 50.9 Å². The summed E-state index contributed by atoms with van der Waals surface area (Å²) in [4.78, 5) is 1.96. The van der Waals surface area contributed by atoms with Crippen molar-refractivity contribution < 1.29 is 5.11 Å². The molecule has 0 amide bonds. The molecule has 4 heteroatoms. The molecule has 4 saturated carbocycles. The Balaban J connectivity index is 1.40. The highest BCUT2D eigenvalue weighted by atomic mass is 16.3. The Morgan fingerprint density at radius 2 is 1.50 bits per heavy atom. The van der Waals surface area contributed by atoms with Gasteiger partial charge in [0.1, 0.15) is 0 Å². The Hall–Kier alpha value is -0.900. The van der Waals surface area contributed by atoms with E-state index < -0.39 is 5.60 Å². The van der Waals surface area contributed by atoms with Crippen LogP contribution in [0.1, 0.15) is 91.5 Å². The van der Waals surface area contributed by atoms with Crippen molar-refractivity contribution in [2.45, 2.75) is 97.1 Å². The number of hydrogen-bond acceptors (Lipinski definition) is 3. The van der Waals surface area contributed by atoms with Gasteiger partial charge in [0.25, 0.3) is 0 Å². The summed E-state index contributed by atoms with van der Waals surface area (Å²) in [7, 11) is 0. The van der Waals surface area contributed by atoms with Crippen LogP contribution in [0.5, 0.6) is 0 Å². The fourth-order valence-corrected chi connectivity index (χ4v) is 8.97. The van der Waals surface area contributed by atoms with E-state index in [0.717, 1.165) is 36.5 Å². The van der Waals surface area contributed by atoms with E-state index >= 15 is 0 Å². The fourth-order valence-electron chi connectivity index (χ4n) is 8.97. The van der Waals surface area contributed by atoms with Gasteiger partial charge < -0.3 is 5.11 Å². The Kier molecular flexibility index (Phi) is 4.29. The largest absolute Gasteiger partial charge is 0.390 e. The average Bonchev–Trinajstić information content (AvgIpc) is 3.28. The predicted octanol–water partition coefficient (Wildman–Crippen LogP) is 5.25. The van der Waals surface area contributed by atoms with Gasteiger partial charge in [-0.15, -0.1) is 0 Å². The minimum atomic E-state index is -0.418. The molecule has 4 fully saturated rings. The van der Waals surface area contributed by atoms with E-state index in [1.54, 1.807) is 0 Å². The summed E-state index contributed by atoms with van der Waals surface area (Å²) in [5.41, 5.74) is 0.508. The number of hydrogen-bond donors (Lipinski definition) is 1. The third-order valence-electron chi connectivity index (χ3n) is 10.4. The van der Waals surface area contributed by atoms with Crippen molar-refractivity contribution in [1.29, 1.82) is 0 Å². The van der Waals surface area contributed by atoms with Crippen molar-refractivity contribution in [3.8, 4) is 0 Å². The van der Waals surface area contributed by atoms with Gasteiger partial charge in [0.2, 0.25) is 0 Å². The highest BCUT2D eigenvalue weighted by Gasteiger charge is 2.62. The van der Waals surface area contributed by atoms with Crippen LogP contribution in [0.2, 0.25) is 0 Å². The maximum absolute atomic E-state index is 10.7. The van der Waals surface area contributed by atoms with Gasteiger partial charge in [-0.1, -0.05) is 13.8 Å². The standard InChI is InChI=1S/C24H39N3O/c1-16(27-25-13-14-26-27)18-7-8-21-20-6-5-17-15-22(2,28)10-9-19(17)24(20,4)12-11-23(18,21)3/h13-14,16-21,28H,5-12,15H2,1-4H3/t16-,17-,18-,19+,20+,21+,22-,23-,24-/m1/s1. The summed E-state index contributed by atoms with van der Waals surface area (Å²) in [6, 6.07) is 0.399. The lowest BCUT2D eigenvalue weighted by Crippen LogP contribution is -2.56. The van der Waals surface area contributed by atoms with Crippen LogP contribution in [-0.2, 0) is 0 Å². The molecule has 0 bridgehead atoms. The number of aromatic nitrogens is 3. The van der Waals surface area contributed by atoms with E-state index in [4.69, 9.17) is 0 Å². The van der Waals surface area contributed by atoms with Gasteiger partial charge in [-0.25, -0.2) is 0 Å². The maximum Gasteiger partial charge on any atom is 0.0721 e. The molecule has 28 heavy (non-hydrogen) atoms. The molecule has 5 rings (SSSR count). The Morgan fingerprint density at radius 1 is 0.857 bits per heavy atom. The molecule has 9 atom stereocenters. The minimum absolute atomic E-state index is 0.399. The first-order chi connectivity index (χ1) is 13.2. The number of nitrogens with zero attached hydrogens (tertiary/aromatic N) is 3. The van der Waals surface area contributed by atoms with Gasteiger partial charge >= 0.3 is 0 Å². The van der Waals surface area contributed by atoms with Crippen molar-refractivity contribution in [2.75, 3.05) is 0 Å². The minimum Gasteiger partial charge on any atom is -0.390 e. The molecule has 1 N–H and O–H groups in total. The van der Waals surface area contributed by atoms with E-state index in [1.807, 2.05) is 17.2 Å². The molecule has 1 aromatic rings. The number of rotatable bonds is 2. The molecule has 1 heterocycles. The summed E-state index contributed by atoms with van der Waals surface area (Å²) in [6.07, 6.45) is 15.1. The van der Waals surface area contributed by atoms with Crippen LogP contribution in [0.4, 0.5) is 0 Å². The van der Waals surface area contributed by atoms with Gasteiger partial charge in [-0.05, 0) is 112 Å². The molecule has 156 valence electrons. The lowest BCUT2D eigenvalue weighted by molar-refractivity contribution is -0.150. The molecule has 4 nitrogen and oxygen atoms in total. The Bertz CT molecular complexity index is 715. The van der Waals surface area contributed by atoms with Gasteiger partial charge in [0.15, 0.2) is 0 Å². The molecule has 0 aromatic carbocycles. The van der Waals surface area contributed by atoms with Gasteiger partial charge in [0.05, 0.1) is 24.0 Å². The van der Waals surface area contributed by atoms with Crippen molar-refractivity contribution in [1.82, 2.24) is 15.0 Å². The first kappa shape index (κ1) is 19.1. The summed E-state index contributed by atoms with van der Waals surface area (Å²) >= 11 is 0. The normalized spacial score (nSPS) is 51.8. The van der Waals surface area contributed by atoms with Crippen LogP contribution in [0.3, 0.4) is 0 Å². The molecule has 0 aliphatic heterocycles. The van der Waals surface area contributed by atoms with E-state index in [2.05, 4.69) is 37.9 Å². The van der Waals surface area contributed by atoms with E-state index in [1.165, 1.54) is 44.9 Å². The summed E-state index contributed by atoms with van der Waals surface area (Å²) in [5.74, 6) is 4.01. The fraction of sp³-hybridized carbons (Fsp3) is 0.917. The van der Waals surface area contributed by atoms with Crippen LogP contribution in [0.15, 0.2) is 12.4 Å². The van der Waals surface area contributed by atoms with Crippen LogP contribution >= 0.6 is 0 Å². The first-order valence-electron chi connectivity index (χ1n) is 11.8. The summed E-state index contributed by atoms with van der Waals surface area (Å²) in [5, 5.41) is 19.6. The van der Waals surface area contributed by atoms with E-state index in [9.17, 15) is 5.11 Å². The molecule has 1 aromatic heterocycles. The van der Waals surface area contributed by atoms with Crippen molar-refractivity contribution in [2.24, 2.45) is 40.4 Å². The Morgan fingerprint density at radius 3 is 2.25 bits per heavy atom. The lowest BCUT2D eigenvalue weighted by Gasteiger charge is -2.62. The van der Waals surface area contributed by atoms with E-state index in [0.29, 0.717) is 22.8 Å². The second-order valence-corrected chi connectivity index (χ2v) is 11.7. The maximum atomic E-state index is 10.7. The smallest absolute Gasteiger partial charge is 0.0721 e. The summed E-state index contributed by atoms with van der Waals surface area (Å²) in [6.45, 7) is 9.65. The van der Waals surface area contributed by atoms with Crippen LogP contribution in [0, 0.1) is 40.4 Å². The average molecular weight is 386 g/mol. The van der Waals surface area contributed by atoms with Gasteiger partial charge in [-0.3, -0.25) is 0 Å². The van der Waals surface area contributed by atoms with Crippen LogP contribution in [0.25, 0.3) is 0 Å². The predicted molar refractivity (Wildman–Crippen MR) is 111 cm³/mol. The van der Waals surface area contributed by atoms with Crippen molar-refractivity contribution in [3.63, 3.8) is 0 Å². The SMILES string of the molecule is C[C@H]([C@H]1CC[C@H]2[C@@H]3CC[C@@H]4C[C@](C)(O)CC[C@@H]4[C@@]3(C)CC[C@]12C)n1nccn1. The molecule has 0 unspecified atom stereocenters. The zero-order valence-electron chi connectivity index (χ0n) is 18.3. The molecular formula is C24H39N3O. The zero-order chi connectivity index (χ0) is 19.7. The molecule has 0 radical (unpaired) electrons. The van der Waals surface area contributed by atoms with Crippen molar-refractivity contribution >= 4 is 0 Å². The highest BCUT2D eigenvalue weighted by Crippen LogP contribution is 2.70. The molecule has 0 saturated heterocycles. The van der Waals surface area contributed by atoms with Gasteiger partial charge in [-0.2, -0.15) is 15.0 Å². The third kappa shape index (κ3) is 2.66.